The summed E-state index contributed by atoms with van der Waals surface area (Å²) in [5, 5.41) is 12.6. The van der Waals surface area contributed by atoms with Crippen molar-refractivity contribution in [2.45, 2.75) is 0 Å². The van der Waals surface area contributed by atoms with E-state index in [4.69, 9.17) is 4.98 Å². The molecule has 0 amide bonds. The maximum absolute atomic E-state index is 16.1. The lowest BCUT2D eigenvalue weighted by Gasteiger charge is -2.21. The van der Waals surface area contributed by atoms with Crippen LogP contribution in [0.15, 0.2) is 164 Å². The van der Waals surface area contributed by atoms with Crippen LogP contribution >= 0.6 is 7.14 Å². The second-order valence-electron chi connectivity index (χ2n) is 12.3. The second kappa shape index (κ2) is 9.87. The van der Waals surface area contributed by atoms with E-state index in [9.17, 15) is 0 Å². The molecule has 4 heteroatoms. The van der Waals surface area contributed by atoms with Gasteiger partial charge in [0.15, 0.2) is 7.14 Å². The Morgan fingerprint density at radius 3 is 1.79 bits per heavy atom. The molecule has 0 spiro atoms. The minimum atomic E-state index is -3.36. The first-order chi connectivity index (χ1) is 23.2. The maximum Gasteiger partial charge on any atom is 0.171 e. The summed E-state index contributed by atoms with van der Waals surface area (Å²) in [6.45, 7) is 0. The first-order valence-electron chi connectivity index (χ1n) is 15.9. The van der Waals surface area contributed by atoms with Crippen molar-refractivity contribution in [2.24, 2.45) is 0 Å². The Labute approximate surface area is 270 Å². The highest BCUT2D eigenvalue weighted by molar-refractivity contribution is 7.85. The number of benzene rings is 8. The number of fused-ring (bicyclic) bond motifs is 12. The van der Waals surface area contributed by atoms with Gasteiger partial charge in [-0.15, -0.1) is 0 Å². The number of hydrogen-bond donors (Lipinski definition) is 0. The third-order valence-electron chi connectivity index (χ3n) is 9.80. The Bertz CT molecular complexity index is 2960. The number of pyridine rings is 1. The lowest BCUT2D eigenvalue weighted by atomic mass is 10.0. The fraction of sp³-hybridized carbons (Fsp3) is 0. The molecule has 2 heterocycles. The molecule has 3 nitrogen and oxygen atoms in total. The van der Waals surface area contributed by atoms with Crippen LogP contribution in [0.5, 0.6) is 0 Å². The van der Waals surface area contributed by atoms with Crippen molar-refractivity contribution in [1.82, 2.24) is 9.38 Å². The molecule has 0 saturated heterocycles. The second-order valence-corrected chi connectivity index (χ2v) is 15.1. The maximum atomic E-state index is 16.1. The predicted molar refractivity (Wildman–Crippen MR) is 200 cm³/mol. The third-order valence-corrected chi connectivity index (χ3v) is 12.8. The van der Waals surface area contributed by atoms with Crippen molar-refractivity contribution in [3.63, 3.8) is 0 Å². The summed E-state index contributed by atoms with van der Waals surface area (Å²) >= 11 is 0. The summed E-state index contributed by atoms with van der Waals surface area (Å²) in [5.74, 6) is 0. The highest BCUT2D eigenvalue weighted by Gasteiger charge is 2.31. The summed E-state index contributed by atoms with van der Waals surface area (Å²) in [6, 6.07) is 56.8. The Morgan fingerprint density at radius 1 is 0.404 bits per heavy atom. The fourth-order valence-corrected chi connectivity index (χ4v) is 10.2. The Balaban J connectivity index is 1.29. The zero-order chi connectivity index (χ0) is 31.1. The molecule has 47 heavy (non-hydrogen) atoms. The lowest BCUT2D eigenvalue weighted by Crippen LogP contribution is -2.25. The van der Waals surface area contributed by atoms with Crippen LogP contribution < -0.4 is 15.9 Å². The van der Waals surface area contributed by atoms with Crippen LogP contribution in [0.4, 0.5) is 0 Å². The van der Waals surface area contributed by atoms with Crippen molar-refractivity contribution in [2.75, 3.05) is 0 Å². The molecular weight excluding hydrogens is 591 g/mol. The van der Waals surface area contributed by atoms with E-state index in [1.165, 1.54) is 16.2 Å². The van der Waals surface area contributed by atoms with E-state index in [1.807, 2.05) is 18.2 Å². The number of aromatic nitrogens is 2. The lowest BCUT2D eigenvalue weighted by molar-refractivity contribution is 0.592. The number of rotatable bonds is 3. The first-order valence-corrected chi connectivity index (χ1v) is 17.6. The normalized spacial score (nSPS) is 13.4. The predicted octanol–water partition coefficient (Wildman–Crippen LogP) is 9.89. The summed E-state index contributed by atoms with van der Waals surface area (Å²) in [5.41, 5.74) is 3.84. The van der Waals surface area contributed by atoms with Gasteiger partial charge >= 0.3 is 0 Å². The van der Waals surface area contributed by atoms with Gasteiger partial charge in [-0.3, -0.25) is 4.40 Å². The van der Waals surface area contributed by atoms with E-state index in [0.29, 0.717) is 0 Å². The summed E-state index contributed by atoms with van der Waals surface area (Å²) in [7, 11) is -3.36. The quantitative estimate of drug-likeness (QED) is 0.146. The van der Waals surface area contributed by atoms with E-state index in [-0.39, 0.29) is 0 Å². The highest BCUT2D eigenvalue weighted by Crippen LogP contribution is 2.45. The molecule has 0 bridgehead atoms. The van der Waals surface area contributed by atoms with E-state index < -0.39 is 7.14 Å². The van der Waals surface area contributed by atoms with Gasteiger partial charge in [0.25, 0.3) is 0 Å². The number of nitrogens with zero attached hydrogens (tertiary/aromatic N) is 2. The molecule has 2 aromatic heterocycles. The highest BCUT2D eigenvalue weighted by atomic mass is 31.2. The van der Waals surface area contributed by atoms with Gasteiger partial charge in [-0.2, -0.15) is 0 Å². The minimum absolute atomic E-state index is 0.775. The van der Waals surface area contributed by atoms with Gasteiger partial charge in [0, 0.05) is 26.7 Å². The standard InChI is InChI=1S/C43H27N2OP/c46-47(32-21-19-28-9-1-2-11-31(28)25-32,33-22-20-30-18-17-29-10-3-4-12-35(29)39(30)26-33)34-23-24-42-40(27-34)44-43-38-15-6-5-13-36(38)37-14-7-8-16-41(37)45(42)43/h1-27H. The van der Waals surface area contributed by atoms with Gasteiger partial charge in [0.05, 0.1) is 16.6 Å². The fourth-order valence-electron chi connectivity index (χ4n) is 7.50. The van der Waals surface area contributed by atoms with E-state index in [2.05, 4.69) is 150 Å². The van der Waals surface area contributed by atoms with Gasteiger partial charge in [0.1, 0.15) is 5.65 Å². The largest absolute Gasteiger partial charge is 0.309 e. The van der Waals surface area contributed by atoms with Crippen molar-refractivity contribution in [1.29, 1.82) is 0 Å². The Morgan fingerprint density at radius 2 is 0.957 bits per heavy atom. The minimum Gasteiger partial charge on any atom is -0.309 e. The summed E-state index contributed by atoms with van der Waals surface area (Å²) in [4.78, 5) is 5.24. The number of para-hydroxylation sites is 1. The van der Waals surface area contributed by atoms with Crippen molar-refractivity contribution >= 4 is 93.7 Å². The molecule has 10 aromatic rings. The van der Waals surface area contributed by atoms with Crippen LogP contribution in [0, 0.1) is 0 Å². The van der Waals surface area contributed by atoms with Gasteiger partial charge in [-0.1, -0.05) is 127 Å². The smallest absolute Gasteiger partial charge is 0.171 e. The van der Waals surface area contributed by atoms with Crippen LogP contribution in [0.1, 0.15) is 0 Å². The molecule has 0 aliphatic heterocycles. The Kier molecular flexibility index (Phi) is 5.55. The van der Waals surface area contributed by atoms with Gasteiger partial charge in [0.2, 0.25) is 0 Å². The van der Waals surface area contributed by atoms with Crippen LogP contribution in [-0.4, -0.2) is 9.38 Å². The SMILES string of the molecule is O=P(c1ccc2ccccc2c1)(c1ccc2c(c1)nc1c3ccccc3c3ccccc3n21)c1ccc2ccc3ccccc3c2c1. The van der Waals surface area contributed by atoms with Crippen LogP contribution in [0.3, 0.4) is 0 Å². The van der Waals surface area contributed by atoms with Crippen LogP contribution in [-0.2, 0) is 4.57 Å². The van der Waals surface area contributed by atoms with Gasteiger partial charge in [-0.05, 0) is 74.1 Å². The molecule has 0 aliphatic rings. The van der Waals surface area contributed by atoms with Gasteiger partial charge in [-0.25, -0.2) is 4.98 Å². The average molecular weight is 619 g/mol. The van der Waals surface area contributed by atoms with Crippen LogP contribution in [0.25, 0.3) is 70.7 Å². The molecule has 0 aliphatic carbocycles. The molecule has 1 unspecified atom stereocenters. The molecule has 10 rings (SSSR count). The Hall–Kier alpha value is -5.76. The zero-order valence-corrected chi connectivity index (χ0v) is 26.2. The summed E-state index contributed by atoms with van der Waals surface area (Å²) < 4.78 is 18.3. The van der Waals surface area contributed by atoms with Gasteiger partial charge < -0.3 is 4.57 Å². The summed E-state index contributed by atoms with van der Waals surface area (Å²) in [6.07, 6.45) is 0. The van der Waals surface area contributed by atoms with Crippen LogP contribution in [0.2, 0.25) is 0 Å². The zero-order valence-electron chi connectivity index (χ0n) is 25.3. The molecule has 8 aromatic carbocycles. The molecule has 0 N–H and O–H groups in total. The topological polar surface area (TPSA) is 34.4 Å². The first kappa shape index (κ1) is 26.5. The van der Waals surface area contributed by atoms with Crippen molar-refractivity contribution < 1.29 is 4.57 Å². The van der Waals surface area contributed by atoms with E-state index in [1.54, 1.807) is 0 Å². The molecule has 1 atom stereocenters. The third kappa shape index (κ3) is 3.81. The van der Waals surface area contributed by atoms with E-state index >= 15 is 4.57 Å². The monoisotopic (exact) mass is 618 g/mol. The average Bonchev–Trinajstić information content (AvgIpc) is 3.54. The molecule has 0 radical (unpaired) electrons. The van der Waals surface area contributed by atoms with Crippen molar-refractivity contribution in [3.8, 4) is 0 Å². The van der Waals surface area contributed by atoms with Crippen molar-refractivity contribution in [3.05, 3.63) is 164 Å². The van der Waals surface area contributed by atoms with E-state index in [0.717, 1.165) is 70.4 Å². The molecule has 0 saturated carbocycles. The number of imidazole rings is 1. The molecular formula is C43H27N2OP. The molecule has 220 valence electrons. The number of hydrogen-bond acceptors (Lipinski definition) is 2. The molecule has 0 fully saturated rings.